The molecule has 6 rings (SSSR count). The largest absolute Gasteiger partial charge is 0.357 e. The molecular formula is C23H24ClN3. The number of nitrogens with one attached hydrogen (secondary N) is 1. The maximum absolute atomic E-state index is 6.17. The number of rotatable bonds is 1. The molecule has 3 atom stereocenters. The molecule has 0 saturated carbocycles. The molecule has 27 heavy (non-hydrogen) atoms. The van der Waals surface area contributed by atoms with E-state index >= 15 is 0 Å². The fourth-order valence-electron chi connectivity index (χ4n) is 5.81. The Hall–Kier alpha value is -1.81. The first-order chi connectivity index (χ1) is 13.3. The van der Waals surface area contributed by atoms with Gasteiger partial charge < -0.3 is 4.98 Å². The van der Waals surface area contributed by atoms with E-state index in [2.05, 4.69) is 51.2 Å². The summed E-state index contributed by atoms with van der Waals surface area (Å²) in [5.41, 5.74) is 5.69. The molecule has 3 aromatic rings. The number of para-hydroxylation sites is 1. The lowest BCUT2D eigenvalue weighted by molar-refractivity contribution is 0.0977. The summed E-state index contributed by atoms with van der Waals surface area (Å²) in [7, 11) is 0. The van der Waals surface area contributed by atoms with E-state index in [-0.39, 0.29) is 0 Å². The van der Waals surface area contributed by atoms with E-state index < -0.39 is 0 Å². The molecule has 2 aromatic carbocycles. The van der Waals surface area contributed by atoms with Gasteiger partial charge in [-0.25, -0.2) is 0 Å². The lowest BCUT2D eigenvalue weighted by Crippen LogP contribution is -2.38. The summed E-state index contributed by atoms with van der Waals surface area (Å²) >= 11 is 6.17. The number of nitrogens with zero attached hydrogens (tertiary/aromatic N) is 2. The number of aromatic amines is 1. The van der Waals surface area contributed by atoms with E-state index in [1.54, 1.807) is 5.56 Å². The van der Waals surface area contributed by atoms with Crippen molar-refractivity contribution in [1.82, 2.24) is 14.8 Å². The Morgan fingerprint density at radius 2 is 1.78 bits per heavy atom. The molecule has 0 unspecified atom stereocenters. The molecule has 2 saturated heterocycles. The normalized spacial score (nSPS) is 28.1. The molecule has 138 valence electrons. The molecule has 1 aromatic heterocycles. The van der Waals surface area contributed by atoms with Crippen LogP contribution in [0.1, 0.15) is 48.3 Å². The van der Waals surface area contributed by atoms with Crippen molar-refractivity contribution < 1.29 is 0 Å². The van der Waals surface area contributed by atoms with Gasteiger partial charge >= 0.3 is 0 Å². The van der Waals surface area contributed by atoms with Crippen LogP contribution in [0.3, 0.4) is 0 Å². The first kappa shape index (κ1) is 16.2. The SMILES string of the molecule is Clc1ccc([C@H]2N3CCCC[C@@H]3[C@H]3c4[nH]c5ccccc5c4CCN23)cc1. The van der Waals surface area contributed by atoms with Crippen molar-refractivity contribution in [3.05, 3.63) is 70.4 Å². The molecular weight excluding hydrogens is 354 g/mol. The van der Waals surface area contributed by atoms with Crippen molar-refractivity contribution in [1.29, 1.82) is 0 Å². The summed E-state index contributed by atoms with van der Waals surface area (Å²) in [5, 5.41) is 2.24. The predicted molar refractivity (Wildman–Crippen MR) is 110 cm³/mol. The van der Waals surface area contributed by atoms with Crippen LogP contribution >= 0.6 is 11.6 Å². The number of aromatic nitrogens is 1. The van der Waals surface area contributed by atoms with Crippen molar-refractivity contribution in [2.45, 2.75) is 43.9 Å². The van der Waals surface area contributed by atoms with E-state index in [0.29, 0.717) is 18.2 Å². The van der Waals surface area contributed by atoms with Crippen LogP contribution in [0.4, 0.5) is 0 Å². The van der Waals surface area contributed by atoms with Gasteiger partial charge in [0, 0.05) is 40.8 Å². The minimum atomic E-state index is 0.372. The smallest absolute Gasteiger partial charge is 0.0895 e. The molecule has 0 amide bonds. The van der Waals surface area contributed by atoms with Crippen LogP contribution in [0.25, 0.3) is 10.9 Å². The third kappa shape index (κ3) is 2.35. The standard InChI is InChI=1S/C23H24ClN3/c24-16-10-8-15(9-11-16)23-26-13-4-3-7-20(26)22-21-18(12-14-27(22)23)17-5-1-2-6-19(17)25-21/h1-2,5-6,8-11,20,22-23,25H,3-4,7,12-14H2/t20-,22+,23+/m1/s1. The third-order valence-electron chi connectivity index (χ3n) is 6.87. The minimum absolute atomic E-state index is 0.372. The number of fused-ring (bicyclic) bond motifs is 7. The third-order valence-corrected chi connectivity index (χ3v) is 7.12. The Balaban J connectivity index is 1.49. The van der Waals surface area contributed by atoms with Gasteiger partial charge in [0.15, 0.2) is 0 Å². The number of piperidine rings is 1. The van der Waals surface area contributed by atoms with E-state index in [1.165, 1.54) is 48.0 Å². The lowest BCUT2D eigenvalue weighted by atomic mass is 9.90. The van der Waals surface area contributed by atoms with Crippen LogP contribution in [0.5, 0.6) is 0 Å². The number of benzene rings is 2. The highest BCUT2D eigenvalue weighted by atomic mass is 35.5. The van der Waals surface area contributed by atoms with E-state index in [9.17, 15) is 0 Å². The molecule has 0 aliphatic carbocycles. The summed E-state index contributed by atoms with van der Waals surface area (Å²) in [5.74, 6) is 0. The highest BCUT2D eigenvalue weighted by Gasteiger charge is 2.51. The molecule has 0 spiro atoms. The van der Waals surface area contributed by atoms with Crippen molar-refractivity contribution in [3.63, 3.8) is 0 Å². The van der Waals surface area contributed by atoms with Crippen molar-refractivity contribution in [2.75, 3.05) is 13.1 Å². The first-order valence-corrected chi connectivity index (χ1v) is 10.6. The number of halogens is 1. The maximum Gasteiger partial charge on any atom is 0.0895 e. The van der Waals surface area contributed by atoms with Crippen LogP contribution in [-0.4, -0.2) is 33.9 Å². The van der Waals surface area contributed by atoms with Crippen LogP contribution in [0.15, 0.2) is 48.5 Å². The summed E-state index contributed by atoms with van der Waals surface area (Å²) in [4.78, 5) is 9.32. The van der Waals surface area contributed by atoms with Crippen LogP contribution in [0, 0.1) is 0 Å². The fourth-order valence-corrected chi connectivity index (χ4v) is 5.93. The van der Waals surface area contributed by atoms with E-state index in [0.717, 1.165) is 18.0 Å². The highest BCUT2D eigenvalue weighted by Crippen LogP contribution is 2.51. The Kier molecular flexibility index (Phi) is 3.65. The van der Waals surface area contributed by atoms with Crippen molar-refractivity contribution in [3.8, 4) is 0 Å². The minimum Gasteiger partial charge on any atom is -0.357 e. The molecule has 2 fully saturated rings. The van der Waals surface area contributed by atoms with Crippen LogP contribution < -0.4 is 0 Å². The topological polar surface area (TPSA) is 22.3 Å². The Morgan fingerprint density at radius 1 is 0.926 bits per heavy atom. The summed E-state index contributed by atoms with van der Waals surface area (Å²) in [6.07, 6.45) is 5.44. The van der Waals surface area contributed by atoms with Crippen LogP contribution in [0.2, 0.25) is 5.02 Å². The number of hydrogen-bond donors (Lipinski definition) is 1. The Labute approximate surface area is 164 Å². The van der Waals surface area contributed by atoms with E-state index in [4.69, 9.17) is 11.6 Å². The second kappa shape index (κ2) is 6.10. The molecule has 3 aliphatic rings. The maximum atomic E-state index is 6.17. The van der Waals surface area contributed by atoms with Gasteiger partial charge in [-0.05, 0) is 48.6 Å². The lowest BCUT2D eigenvalue weighted by Gasteiger charge is -2.35. The average molecular weight is 378 g/mol. The molecule has 1 N–H and O–H groups in total. The zero-order valence-electron chi connectivity index (χ0n) is 15.4. The molecule has 3 nitrogen and oxygen atoms in total. The van der Waals surface area contributed by atoms with Crippen molar-refractivity contribution in [2.24, 2.45) is 0 Å². The summed E-state index contributed by atoms with van der Waals surface area (Å²) in [6.45, 7) is 2.32. The van der Waals surface area contributed by atoms with Crippen LogP contribution in [-0.2, 0) is 6.42 Å². The molecule has 4 heterocycles. The molecule has 3 aliphatic heterocycles. The molecule has 0 bridgehead atoms. The van der Waals surface area contributed by atoms with Gasteiger partial charge in [-0.3, -0.25) is 9.80 Å². The van der Waals surface area contributed by atoms with Crippen molar-refractivity contribution >= 4 is 22.5 Å². The monoisotopic (exact) mass is 377 g/mol. The second-order valence-corrected chi connectivity index (χ2v) is 8.66. The zero-order valence-corrected chi connectivity index (χ0v) is 16.1. The van der Waals surface area contributed by atoms with Gasteiger partial charge in [0.25, 0.3) is 0 Å². The van der Waals surface area contributed by atoms with E-state index in [1.807, 2.05) is 12.1 Å². The van der Waals surface area contributed by atoms with Gasteiger partial charge in [0.1, 0.15) is 0 Å². The average Bonchev–Trinajstić information content (AvgIpc) is 3.24. The Bertz CT molecular complexity index is 993. The first-order valence-electron chi connectivity index (χ1n) is 10.2. The fraction of sp³-hybridized carbons (Fsp3) is 0.391. The summed E-state index contributed by atoms with van der Waals surface area (Å²) in [6, 6.07) is 18.4. The predicted octanol–water partition coefficient (Wildman–Crippen LogP) is 5.29. The van der Waals surface area contributed by atoms with Gasteiger partial charge in [-0.15, -0.1) is 0 Å². The van der Waals surface area contributed by atoms with Gasteiger partial charge in [-0.1, -0.05) is 48.4 Å². The van der Waals surface area contributed by atoms with Gasteiger partial charge in [0.2, 0.25) is 0 Å². The number of hydrogen-bond acceptors (Lipinski definition) is 2. The molecule has 0 radical (unpaired) electrons. The van der Waals surface area contributed by atoms with Gasteiger partial charge in [0.05, 0.1) is 12.2 Å². The second-order valence-electron chi connectivity index (χ2n) is 8.22. The summed E-state index contributed by atoms with van der Waals surface area (Å²) < 4.78 is 0. The zero-order chi connectivity index (χ0) is 18.0. The molecule has 4 heteroatoms. The highest BCUT2D eigenvalue weighted by molar-refractivity contribution is 6.30. The number of H-pyrrole nitrogens is 1. The quantitative estimate of drug-likeness (QED) is 0.622. The Morgan fingerprint density at radius 3 is 2.67 bits per heavy atom. The van der Waals surface area contributed by atoms with Gasteiger partial charge in [-0.2, -0.15) is 0 Å².